The van der Waals surface area contributed by atoms with Crippen molar-refractivity contribution in [2.75, 3.05) is 18.5 Å². The van der Waals surface area contributed by atoms with Crippen LogP contribution in [0, 0.1) is 17.8 Å². The lowest BCUT2D eigenvalue weighted by molar-refractivity contribution is 0.0655. The molecule has 5 atom stereocenters. The fourth-order valence-electron chi connectivity index (χ4n) is 7.58. The molecule has 37 heavy (non-hydrogen) atoms. The molecule has 2 heterocycles. The maximum absolute atomic E-state index is 13.4. The van der Waals surface area contributed by atoms with Crippen LogP contribution in [-0.4, -0.2) is 52.8 Å². The third-order valence-electron chi connectivity index (χ3n) is 9.84. The molecular formula is C31H33ClN2O3. The monoisotopic (exact) mass is 516 g/mol. The van der Waals surface area contributed by atoms with Gasteiger partial charge in [0.25, 0.3) is 5.91 Å². The molecule has 3 saturated carbocycles. The Morgan fingerprint density at radius 3 is 2.68 bits per heavy atom. The van der Waals surface area contributed by atoms with Crippen molar-refractivity contribution in [2.45, 2.75) is 81.1 Å². The Labute approximate surface area is 223 Å². The van der Waals surface area contributed by atoms with Crippen LogP contribution in [0.1, 0.15) is 72.9 Å². The second kappa shape index (κ2) is 8.50. The van der Waals surface area contributed by atoms with E-state index in [1.807, 2.05) is 36.4 Å². The van der Waals surface area contributed by atoms with E-state index in [1.165, 1.54) is 12.8 Å². The summed E-state index contributed by atoms with van der Waals surface area (Å²) in [6.07, 6.45) is 9.30. The van der Waals surface area contributed by atoms with E-state index in [4.69, 9.17) is 16.3 Å². The first-order valence-electron chi connectivity index (χ1n) is 13.8. The lowest BCUT2D eigenvalue weighted by atomic mass is 9.64. The molecule has 7 rings (SSSR count). The zero-order chi connectivity index (χ0) is 25.4. The van der Waals surface area contributed by atoms with Crippen LogP contribution in [-0.2, 0) is 6.42 Å². The number of carbonyl (C=O) groups is 1. The summed E-state index contributed by atoms with van der Waals surface area (Å²) in [4.78, 5) is 17.7. The fourth-order valence-corrected chi connectivity index (χ4v) is 7.80. The normalized spacial score (nSPS) is 32.8. The molecule has 192 valence electrons. The Hall–Kier alpha value is -2.52. The van der Waals surface area contributed by atoms with Gasteiger partial charge in [-0.15, -0.1) is 0 Å². The smallest absolute Gasteiger partial charge is 0.258 e. The molecule has 2 aliphatic heterocycles. The summed E-state index contributed by atoms with van der Waals surface area (Å²) in [7, 11) is 2.25. The van der Waals surface area contributed by atoms with Crippen molar-refractivity contribution >= 4 is 23.2 Å². The highest BCUT2D eigenvalue weighted by Gasteiger charge is 2.71. The van der Waals surface area contributed by atoms with Crippen LogP contribution in [0.25, 0.3) is 0 Å². The summed E-state index contributed by atoms with van der Waals surface area (Å²) >= 11 is 6.68. The highest BCUT2D eigenvalue weighted by molar-refractivity contribution is 6.32. The van der Waals surface area contributed by atoms with E-state index >= 15 is 0 Å². The first kappa shape index (κ1) is 23.6. The molecule has 0 radical (unpaired) electrons. The Morgan fingerprint density at radius 1 is 1.11 bits per heavy atom. The molecule has 2 aromatic rings. The van der Waals surface area contributed by atoms with Crippen molar-refractivity contribution in [2.24, 2.45) is 5.92 Å². The van der Waals surface area contributed by atoms with Crippen molar-refractivity contribution in [3.8, 4) is 17.6 Å². The zero-order valence-electron chi connectivity index (χ0n) is 21.3. The quantitative estimate of drug-likeness (QED) is 0.450. The van der Waals surface area contributed by atoms with Gasteiger partial charge >= 0.3 is 0 Å². The molecular weight excluding hydrogens is 484 g/mol. The molecule has 0 bridgehead atoms. The second-order valence-electron chi connectivity index (χ2n) is 11.7. The molecule has 3 aliphatic carbocycles. The number of likely N-dealkylation sites (tertiary alicyclic amines) is 1. The molecule has 1 amide bonds. The zero-order valence-corrected chi connectivity index (χ0v) is 22.1. The highest BCUT2D eigenvalue weighted by atomic mass is 35.5. The van der Waals surface area contributed by atoms with E-state index in [0.717, 1.165) is 67.7 Å². The number of likely N-dealkylation sites (N-methyl/N-ethyl adjacent to an activating group) is 1. The first-order chi connectivity index (χ1) is 17.9. The van der Waals surface area contributed by atoms with Gasteiger partial charge in [0.05, 0.1) is 5.02 Å². The van der Waals surface area contributed by atoms with Gasteiger partial charge in [-0.2, -0.15) is 0 Å². The predicted octanol–water partition coefficient (Wildman–Crippen LogP) is 5.20. The van der Waals surface area contributed by atoms with E-state index in [1.54, 1.807) is 4.90 Å². The molecule has 1 N–H and O–H groups in total. The molecule has 0 aromatic heterocycles. The van der Waals surface area contributed by atoms with Crippen molar-refractivity contribution in [1.82, 2.24) is 4.90 Å². The molecule has 5 aliphatic rings. The number of nitrogens with zero attached hydrogens (tertiary/aromatic N) is 2. The first-order valence-corrected chi connectivity index (χ1v) is 14.1. The Bertz CT molecular complexity index is 1330. The minimum Gasteiger partial charge on any atom is -0.489 e. The second-order valence-corrected chi connectivity index (χ2v) is 12.2. The molecule has 6 heteroatoms. The van der Waals surface area contributed by atoms with Gasteiger partial charge in [-0.3, -0.25) is 9.69 Å². The summed E-state index contributed by atoms with van der Waals surface area (Å²) < 4.78 is 6.39. The van der Waals surface area contributed by atoms with E-state index in [2.05, 4.69) is 23.8 Å². The molecule has 2 aromatic carbocycles. The van der Waals surface area contributed by atoms with Crippen LogP contribution >= 0.6 is 11.6 Å². The maximum Gasteiger partial charge on any atom is 0.258 e. The molecule has 5 nitrogen and oxygen atoms in total. The lowest BCUT2D eigenvalue weighted by Gasteiger charge is -2.43. The summed E-state index contributed by atoms with van der Waals surface area (Å²) in [6.45, 7) is 0.587. The number of rotatable bonds is 3. The number of halogens is 1. The largest absolute Gasteiger partial charge is 0.489 e. The number of anilines is 1. The van der Waals surface area contributed by atoms with Crippen LogP contribution in [0.15, 0.2) is 36.4 Å². The SMILES string of the molecule is CN1[C@@H]2C[C@@H](Oc3ccc(N4CCc5cc(C#CC6(O)CCCC6)ccc5C4=O)cc3Cl)C[C@H]3CCC321. The predicted molar refractivity (Wildman–Crippen MR) is 144 cm³/mol. The Balaban J connectivity index is 1.05. The highest BCUT2D eigenvalue weighted by Crippen LogP contribution is 2.64. The van der Waals surface area contributed by atoms with Crippen LogP contribution < -0.4 is 9.64 Å². The van der Waals surface area contributed by atoms with Gasteiger partial charge in [0.1, 0.15) is 17.5 Å². The van der Waals surface area contributed by atoms with Crippen molar-refractivity contribution in [3.05, 3.63) is 58.1 Å². The number of amides is 1. The number of hydrogen-bond acceptors (Lipinski definition) is 4. The van der Waals surface area contributed by atoms with Gasteiger partial charge in [-0.05, 0) is 106 Å². The average molecular weight is 517 g/mol. The topological polar surface area (TPSA) is 52.8 Å². The van der Waals surface area contributed by atoms with E-state index < -0.39 is 5.60 Å². The molecule has 1 spiro atoms. The van der Waals surface area contributed by atoms with Gasteiger partial charge in [0.15, 0.2) is 0 Å². The number of carbonyl (C=O) groups excluding carboxylic acids is 1. The number of hydrogen-bond donors (Lipinski definition) is 1. The number of fused-ring (bicyclic) bond motifs is 1. The van der Waals surface area contributed by atoms with Crippen LogP contribution in [0.2, 0.25) is 5.02 Å². The summed E-state index contributed by atoms with van der Waals surface area (Å²) in [5.41, 5.74) is 2.99. The lowest BCUT2D eigenvalue weighted by Crippen LogP contribution is -2.46. The van der Waals surface area contributed by atoms with Crippen LogP contribution in [0.5, 0.6) is 5.75 Å². The van der Waals surface area contributed by atoms with Gasteiger partial charge in [0, 0.05) is 41.4 Å². The third-order valence-corrected chi connectivity index (χ3v) is 10.1. The Kier molecular flexibility index (Phi) is 5.42. The molecule has 2 unspecified atom stereocenters. The average Bonchev–Trinajstić information content (AvgIpc) is 3.26. The summed E-state index contributed by atoms with van der Waals surface area (Å²) in [5.74, 6) is 7.64. The van der Waals surface area contributed by atoms with Crippen LogP contribution in [0.4, 0.5) is 5.69 Å². The summed E-state index contributed by atoms with van der Waals surface area (Å²) in [6, 6.07) is 12.1. The van der Waals surface area contributed by atoms with Crippen molar-refractivity contribution < 1.29 is 14.6 Å². The molecule has 4 fully saturated rings. The Morgan fingerprint density at radius 2 is 1.95 bits per heavy atom. The van der Waals surface area contributed by atoms with Gasteiger partial charge in [-0.25, -0.2) is 0 Å². The van der Waals surface area contributed by atoms with E-state index in [-0.39, 0.29) is 12.0 Å². The maximum atomic E-state index is 13.4. The summed E-state index contributed by atoms with van der Waals surface area (Å²) in [5, 5.41) is 11.1. The number of ether oxygens (including phenoxy) is 1. The number of aliphatic hydroxyl groups is 1. The minimum absolute atomic E-state index is 0.0229. The van der Waals surface area contributed by atoms with Crippen molar-refractivity contribution in [3.63, 3.8) is 0 Å². The van der Waals surface area contributed by atoms with Gasteiger partial charge < -0.3 is 14.7 Å². The number of benzene rings is 2. The van der Waals surface area contributed by atoms with Crippen LogP contribution in [0.3, 0.4) is 0 Å². The van der Waals surface area contributed by atoms with E-state index in [9.17, 15) is 9.90 Å². The van der Waals surface area contributed by atoms with Crippen molar-refractivity contribution in [1.29, 1.82) is 0 Å². The van der Waals surface area contributed by atoms with Gasteiger partial charge in [-0.1, -0.05) is 23.4 Å². The fraction of sp³-hybridized carbons (Fsp3) is 0.516. The third kappa shape index (κ3) is 3.80. The molecule has 1 saturated heterocycles. The standard InChI is InChI=1S/C31H33ClN2O3/c1-33-28-19-24(17-22-9-14-31(22,28)33)37-27-7-5-23(18-26(27)32)34-15-10-21-16-20(4-6-25(21)29(34)35)8-13-30(36)11-2-3-12-30/h4-7,16,18,22,24,28,36H,2-3,9-12,14-15,17,19H2,1H3/t22-,24+,28-,31?,33?/m1/s1. The van der Waals surface area contributed by atoms with Gasteiger partial charge in [0.2, 0.25) is 0 Å². The van der Waals surface area contributed by atoms with E-state index in [0.29, 0.717) is 34.5 Å². The minimum atomic E-state index is -0.856.